The molecule has 31 heavy (non-hydrogen) atoms. The van der Waals surface area contributed by atoms with Crippen molar-refractivity contribution in [2.45, 2.75) is 19.8 Å². The van der Waals surface area contributed by atoms with Crippen molar-refractivity contribution in [1.82, 2.24) is 5.32 Å². The van der Waals surface area contributed by atoms with E-state index < -0.39 is 10.0 Å². The normalized spacial score (nSPS) is 12.8. The molecule has 0 aliphatic carbocycles. The van der Waals surface area contributed by atoms with Crippen LogP contribution in [-0.4, -0.2) is 53.5 Å². The van der Waals surface area contributed by atoms with Gasteiger partial charge in [0.15, 0.2) is 11.5 Å². The van der Waals surface area contributed by atoms with Gasteiger partial charge in [-0.2, -0.15) is 0 Å². The highest BCUT2D eigenvalue weighted by Crippen LogP contribution is 2.34. The maximum absolute atomic E-state index is 12.6. The van der Waals surface area contributed by atoms with Gasteiger partial charge in [0.1, 0.15) is 25.5 Å². The van der Waals surface area contributed by atoms with Crippen LogP contribution < -0.4 is 23.8 Å². The van der Waals surface area contributed by atoms with Crippen molar-refractivity contribution in [3.05, 3.63) is 48.0 Å². The van der Waals surface area contributed by atoms with Crippen molar-refractivity contribution in [2.24, 2.45) is 0 Å². The zero-order chi connectivity index (χ0) is 22.3. The van der Waals surface area contributed by atoms with Crippen LogP contribution in [0.2, 0.25) is 0 Å². The molecule has 9 heteroatoms. The lowest BCUT2D eigenvalue weighted by Crippen LogP contribution is -2.41. The van der Waals surface area contributed by atoms with E-state index >= 15 is 0 Å². The van der Waals surface area contributed by atoms with Crippen LogP contribution in [0, 0.1) is 0 Å². The molecule has 0 atom stereocenters. The van der Waals surface area contributed by atoms with E-state index in [-0.39, 0.29) is 18.2 Å². The molecule has 0 unspecified atom stereocenters. The summed E-state index contributed by atoms with van der Waals surface area (Å²) in [6.07, 6.45) is 1.53. The molecule has 1 aliphatic rings. The number of fused-ring (bicyclic) bond motifs is 1. The number of aryl methyl sites for hydroxylation is 1. The second-order valence-corrected chi connectivity index (χ2v) is 9.22. The number of benzene rings is 2. The molecule has 0 saturated carbocycles. The Labute approximate surface area is 183 Å². The van der Waals surface area contributed by atoms with E-state index in [1.54, 1.807) is 32.2 Å². The highest BCUT2D eigenvalue weighted by atomic mass is 32.2. The van der Waals surface area contributed by atoms with E-state index in [4.69, 9.17) is 14.2 Å². The summed E-state index contributed by atoms with van der Waals surface area (Å²) in [6, 6.07) is 12.6. The Kier molecular flexibility index (Phi) is 7.62. The van der Waals surface area contributed by atoms with Crippen LogP contribution in [0.15, 0.2) is 42.5 Å². The van der Waals surface area contributed by atoms with Gasteiger partial charge in [0, 0.05) is 12.6 Å². The van der Waals surface area contributed by atoms with Crippen molar-refractivity contribution >= 4 is 21.6 Å². The van der Waals surface area contributed by atoms with Gasteiger partial charge in [0.25, 0.3) is 0 Å². The summed E-state index contributed by atoms with van der Waals surface area (Å²) < 4.78 is 42.6. The van der Waals surface area contributed by atoms with Gasteiger partial charge in [-0.15, -0.1) is 0 Å². The van der Waals surface area contributed by atoms with Gasteiger partial charge < -0.3 is 19.5 Å². The van der Waals surface area contributed by atoms with E-state index in [2.05, 4.69) is 5.32 Å². The fraction of sp³-hybridized carbons (Fsp3) is 0.409. The molecule has 3 rings (SSSR count). The highest BCUT2D eigenvalue weighted by Gasteiger charge is 2.25. The van der Waals surface area contributed by atoms with Crippen LogP contribution in [0.1, 0.15) is 18.9 Å². The lowest BCUT2D eigenvalue weighted by Gasteiger charge is -2.25. The summed E-state index contributed by atoms with van der Waals surface area (Å²) in [6.45, 7) is 2.55. The second kappa shape index (κ2) is 10.4. The van der Waals surface area contributed by atoms with Gasteiger partial charge in [0.05, 0.1) is 18.6 Å². The minimum Gasteiger partial charge on any atom is -0.497 e. The number of nitrogens with zero attached hydrogens (tertiary/aromatic N) is 1. The molecule has 1 aliphatic heterocycles. The molecule has 168 valence electrons. The van der Waals surface area contributed by atoms with Gasteiger partial charge >= 0.3 is 0 Å². The van der Waals surface area contributed by atoms with Crippen LogP contribution >= 0.6 is 0 Å². The summed E-state index contributed by atoms with van der Waals surface area (Å²) in [7, 11) is -2.03. The Morgan fingerprint density at radius 1 is 1.10 bits per heavy atom. The van der Waals surface area contributed by atoms with Crippen molar-refractivity contribution in [2.75, 3.05) is 43.5 Å². The number of amides is 1. The number of hydrogen-bond acceptors (Lipinski definition) is 6. The van der Waals surface area contributed by atoms with E-state index in [9.17, 15) is 13.2 Å². The fourth-order valence-electron chi connectivity index (χ4n) is 3.19. The van der Waals surface area contributed by atoms with E-state index in [0.717, 1.165) is 28.5 Å². The van der Waals surface area contributed by atoms with Crippen molar-refractivity contribution in [3.63, 3.8) is 0 Å². The zero-order valence-corrected chi connectivity index (χ0v) is 18.6. The summed E-state index contributed by atoms with van der Waals surface area (Å²) in [5.74, 6) is 1.36. The van der Waals surface area contributed by atoms with Gasteiger partial charge in [-0.05, 0) is 49.6 Å². The molecule has 1 heterocycles. The molecule has 0 spiro atoms. The Morgan fingerprint density at radius 3 is 2.48 bits per heavy atom. The van der Waals surface area contributed by atoms with Gasteiger partial charge in [-0.3, -0.25) is 9.10 Å². The predicted octanol–water partition coefficient (Wildman–Crippen LogP) is 2.37. The monoisotopic (exact) mass is 448 g/mol. The first-order valence-corrected chi connectivity index (χ1v) is 11.8. The lowest BCUT2D eigenvalue weighted by atomic mass is 10.1. The molecule has 2 aromatic carbocycles. The number of carbonyl (C=O) groups excluding carboxylic acids is 1. The number of anilines is 1. The van der Waals surface area contributed by atoms with Crippen LogP contribution in [0.4, 0.5) is 5.69 Å². The topological polar surface area (TPSA) is 94.2 Å². The molecular formula is C22H28N2O6S. The summed E-state index contributed by atoms with van der Waals surface area (Å²) in [5.41, 5.74) is 1.51. The van der Waals surface area contributed by atoms with Crippen molar-refractivity contribution < 1.29 is 27.4 Å². The van der Waals surface area contributed by atoms with Crippen LogP contribution in [0.5, 0.6) is 17.2 Å². The molecule has 8 nitrogen and oxygen atoms in total. The number of nitrogens with one attached hydrogen (secondary N) is 1. The van der Waals surface area contributed by atoms with Crippen LogP contribution in [-0.2, 0) is 21.2 Å². The Morgan fingerprint density at radius 2 is 1.81 bits per heavy atom. The molecule has 1 N–H and O–H groups in total. The average Bonchev–Trinajstić information content (AvgIpc) is 2.80. The largest absolute Gasteiger partial charge is 0.497 e. The summed E-state index contributed by atoms with van der Waals surface area (Å²) >= 11 is 0. The van der Waals surface area contributed by atoms with Crippen molar-refractivity contribution in [3.8, 4) is 17.2 Å². The van der Waals surface area contributed by atoms with Crippen LogP contribution in [0.25, 0.3) is 0 Å². The highest BCUT2D eigenvalue weighted by molar-refractivity contribution is 7.92. The second-order valence-electron chi connectivity index (χ2n) is 7.04. The standard InChI is InChI=1S/C22H28N2O6S/c1-3-31(26,27)24(18-8-11-20-21(15-18)30-14-13-29-20)16-22(25)23-12-4-5-17-6-9-19(28-2)10-7-17/h6-11,15H,3-5,12-14,16H2,1-2H3,(H,23,25). The summed E-state index contributed by atoms with van der Waals surface area (Å²) in [5, 5.41) is 2.81. The first-order valence-electron chi connectivity index (χ1n) is 10.2. The number of rotatable bonds is 10. The Balaban J connectivity index is 1.58. The molecule has 1 amide bonds. The smallest absolute Gasteiger partial charge is 0.240 e. The number of sulfonamides is 1. The third-order valence-electron chi connectivity index (χ3n) is 4.92. The Hall–Kier alpha value is -2.94. The first kappa shape index (κ1) is 22.7. The number of carbonyl (C=O) groups is 1. The molecule has 0 radical (unpaired) electrons. The zero-order valence-electron chi connectivity index (χ0n) is 17.8. The van der Waals surface area contributed by atoms with Crippen molar-refractivity contribution in [1.29, 1.82) is 0 Å². The molecule has 0 aromatic heterocycles. The third-order valence-corrected chi connectivity index (χ3v) is 6.67. The predicted molar refractivity (Wildman–Crippen MR) is 119 cm³/mol. The molecule has 0 fully saturated rings. The minimum absolute atomic E-state index is 0.119. The van der Waals surface area contributed by atoms with Crippen LogP contribution in [0.3, 0.4) is 0 Å². The van der Waals surface area contributed by atoms with E-state index in [1.165, 1.54) is 0 Å². The van der Waals surface area contributed by atoms with Gasteiger partial charge in [-0.1, -0.05) is 12.1 Å². The van der Waals surface area contributed by atoms with Gasteiger partial charge in [-0.25, -0.2) is 8.42 Å². The van der Waals surface area contributed by atoms with E-state index in [0.29, 0.717) is 36.9 Å². The molecule has 0 saturated heterocycles. The minimum atomic E-state index is -3.65. The molecular weight excluding hydrogens is 420 g/mol. The molecule has 2 aromatic rings. The third kappa shape index (κ3) is 6.04. The van der Waals surface area contributed by atoms with E-state index in [1.807, 2.05) is 24.3 Å². The SMILES string of the molecule is CCS(=O)(=O)N(CC(=O)NCCCc1ccc(OC)cc1)c1ccc2c(c1)OCCO2. The number of ether oxygens (including phenoxy) is 3. The molecule has 0 bridgehead atoms. The first-order chi connectivity index (χ1) is 14.9. The number of methoxy groups -OCH3 is 1. The fourth-order valence-corrected chi connectivity index (χ4v) is 4.25. The summed E-state index contributed by atoms with van der Waals surface area (Å²) in [4.78, 5) is 12.5. The maximum atomic E-state index is 12.6. The number of hydrogen-bond donors (Lipinski definition) is 1. The lowest BCUT2D eigenvalue weighted by molar-refractivity contribution is -0.119. The maximum Gasteiger partial charge on any atom is 0.240 e. The quantitative estimate of drug-likeness (QED) is 0.561. The van der Waals surface area contributed by atoms with Gasteiger partial charge in [0.2, 0.25) is 15.9 Å². The average molecular weight is 449 g/mol. The Bertz CT molecular complexity index is 992.